The van der Waals surface area contributed by atoms with Gasteiger partial charge < -0.3 is 8.98 Å². The lowest BCUT2D eigenvalue weighted by atomic mass is 10.0. The van der Waals surface area contributed by atoms with Gasteiger partial charge in [0.05, 0.1) is 22.1 Å². The lowest BCUT2D eigenvalue weighted by molar-refractivity contribution is 0.666. The first kappa shape index (κ1) is 35.8. The Morgan fingerprint density at radius 2 is 1.00 bits per heavy atom. The van der Waals surface area contributed by atoms with Crippen LogP contribution in [-0.2, 0) is 0 Å². The zero-order valence-electron chi connectivity index (χ0n) is 35.1. The number of benzene rings is 10. The van der Waals surface area contributed by atoms with Crippen LogP contribution in [0.2, 0.25) is 0 Å². The number of furan rings is 1. The SMILES string of the molecule is c1ccc2cc3c(cc2c1)c1ccc2ccccc2c1n3-c1c(-c2nc(-c3cccc4c3sc3ccccc34)nc(-n3c4ccccc4c4ccccc43)n2)ccc2c1oc1ccccc12. The second-order valence-corrected chi connectivity index (χ2v) is 18.2. The van der Waals surface area contributed by atoms with Crippen LogP contribution in [-0.4, -0.2) is 24.1 Å². The normalized spacial score (nSPS) is 12.2. The van der Waals surface area contributed by atoms with Crippen molar-refractivity contribution >= 4 is 119 Å². The second kappa shape index (κ2) is 13.4. The van der Waals surface area contributed by atoms with E-state index >= 15 is 0 Å². The van der Waals surface area contributed by atoms with E-state index in [2.05, 4.69) is 203 Å². The van der Waals surface area contributed by atoms with E-state index in [0.717, 1.165) is 103 Å². The molecular weight excluding hydrogens is 827 g/mol. The molecule has 0 amide bonds. The monoisotopic (exact) mass is 859 g/mol. The first-order chi connectivity index (χ1) is 32.7. The van der Waals surface area contributed by atoms with Crippen LogP contribution in [0.15, 0.2) is 205 Å². The summed E-state index contributed by atoms with van der Waals surface area (Å²) in [5.74, 6) is 1.69. The molecule has 0 bridgehead atoms. The van der Waals surface area contributed by atoms with Gasteiger partial charge in [0.25, 0.3) is 0 Å². The molecule has 306 valence electrons. The number of rotatable bonds is 4. The largest absolute Gasteiger partial charge is 0.454 e. The van der Waals surface area contributed by atoms with E-state index in [1.54, 1.807) is 11.3 Å². The van der Waals surface area contributed by atoms with E-state index in [4.69, 9.17) is 19.4 Å². The summed E-state index contributed by atoms with van der Waals surface area (Å²) < 4.78 is 14.1. The van der Waals surface area contributed by atoms with Gasteiger partial charge in [-0.15, -0.1) is 11.3 Å². The topological polar surface area (TPSA) is 61.7 Å². The molecule has 10 aromatic carbocycles. The molecule has 5 heterocycles. The van der Waals surface area contributed by atoms with Crippen LogP contribution in [0.4, 0.5) is 0 Å². The molecule has 15 rings (SSSR count). The number of para-hydroxylation sites is 3. The molecular formula is C59H33N5OS. The molecule has 0 radical (unpaired) electrons. The molecule has 0 aliphatic heterocycles. The van der Waals surface area contributed by atoms with E-state index in [9.17, 15) is 0 Å². The van der Waals surface area contributed by atoms with Gasteiger partial charge in [0.1, 0.15) is 11.3 Å². The standard InChI is InChI=1S/C59H33N5OS/c1-2-16-36-33-50-47(32-35(36)15-1)42-29-28-34-14-3-4-17-37(34)53(42)64(50)54-45(31-30-43-40-20-7-11-26-51(40)65-55(43)54)57-60-58(46-23-13-22-44-41-21-8-12-27-52(41)66-56(44)46)62-59(61-57)63-48-24-9-5-18-38(48)39-19-6-10-25-49(39)63/h1-33H. The number of aromatic nitrogens is 5. The highest BCUT2D eigenvalue weighted by molar-refractivity contribution is 7.26. The maximum Gasteiger partial charge on any atom is 0.238 e. The summed E-state index contributed by atoms with van der Waals surface area (Å²) in [7, 11) is 0. The predicted molar refractivity (Wildman–Crippen MR) is 275 cm³/mol. The maximum absolute atomic E-state index is 7.10. The Morgan fingerprint density at radius 3 is 1.80 bits per heavy atom. The van der Waals surface area contributed by atoms with Gasteiger partial charge in [-0.3, -0.25) is 4.57 Å². The molecule has 0 saturated carbocycles. The second-order valence-electron chi connectivity index (χ2n) is 17.1. The van der Waals surface area contributed by atoms with Crippen molar-refractivity contribution in [2.75, 3.05) is 0 Å². The molecule has 0 aliphatic rings. The Labute approximate surface area is 379 Å². The molecule has 15 aromatic rings. The van der Waals surface area contributed by atoms with E-state index in [1.807, 2.05) is 6.07 Å². The fourth-order valence-corrected chi connectivity index (χ4v) is 11.9. The molecule has 0 aliphatic carbocycles. The molecule has 0 saturated heterocycles. The van der Waals surface area contributed by atoms with Gasteiger partial charge in [-0.25, -0.2) is 4.98 Å². The molecule has 0 atom stereocenters. The highest BCUT2D eigenvalue weighted by Gasteiger charge is 2.27. The molecule has 0 fully saturated rings. The summed E-state index contributed by atoms with van der Waals surface area (Å²) in [6, 6.07) is 71.3. The van der Waals surface area contributed by atoms with Gasteiger partial charge in [0.15, 0.2) is 17.2 Å². The summed E-state index contributed by atoms with van der Waals surface area (Å²) >= 11 is 1.78. The lowest BCUT2D eigenvalue weighted by Crippen LogP contribution is -2.08. The van der Waals surface area contributed by atoms with Crippen LogP contribution >= 0.6 is 11.3 Å². The minimum absolute atomic E-state index is 0.542. The quantitative estimate of drug-likeness (QED) is 0.177. The zero-order valence-corrected chi connectivity index (χ0v) is 35.9. The van der Waals surface area contributed by atoms with E-state index < -0.39 is 0 Å². The summed E-state index contributed by atoms with van der Waals surface area (Å²) in [6.07, 6.45) is 0. The van der Waals surface area contributed by atoms with Crippen LogP contribution in [0.3, 0.4) is 0 Å². The number of thiophene rings is 1. The Hall–Kier alpha value is -8.65. The van der Waals surface area contributed by atoms with Crippen molar-refractivity contribution in [3.05, 3.63) is 200 Å². The third-order valence-corrected chi connectivity index (χ3v) is 14.8. The Bertz CT molecular complexity index is 4500. The van der Waals surface area contributed by atoms with Crippen LogP contribution in [0.1, 0.15) is 0 Å². The Morgan fingerprint density at radius 1 is 0.379 bits per heavy atom. The smallest absolute Gasteiger partial charge is 0.238 e. The van der Waals surface area contributed by atoms with Gasteiger partial charge >= 0.3 is 0 Å². The lowest BCUT2D eigenvalue weighted by Gasteiger charge is -2.16. The number of hydrogen-bond donors (Lipinski definition) is 0. The molecule has 5 aromatic heterocycles. The van der Waals surface area contributed by atoms with Gasteiger partial charge in [-0.2, -0.15) is 9.97 Å². The van der Waals surface area contributed by atoms with Crippen LogP contribution in [0.25, 0.3) is 142 Å². The Kier molecular flexibility index (Phi) is 7.28. The molecule has 6 nitrogen and oxygen atoms in total. The van der Waals surface area contributed by atoms with Crippen molar-refractivity contribution in [1.29, 1.82) is 0 Å². The van der Waals surface area contributed by atoms with Crippen LogP contribution in [0.5, 0.6) is 0 Å². The van der Waals surface area contributed by atoms with Crippen molar-refractivity contribution in [1.82, 2.24) is 24.1 Å². The molecule has 0 unspecified atom stereocenters. The minimum Gasteiger partial charge on any atom is -0.454 e. The van der Waals surface area contributed by atoms with Crippen molar-refractivity contribution in [3.63, 3.8) is 0 Å². The fraction of sp³-hybridized carbons (Fsp3) is 0. The number of hydrogen-bond acceptors (Lipinski definition) is 5. The summed E-state index contributed by atoms with van der Waals surface area (Å²) in [5.41, 5.74) is 8.46. The van der Waals surface area contributed by atoms with E-state index in [1.165, 1.54) is 20.9 Å². The highest BCUT2D eigenvalue weighted by atomic mass is 32.1. The average Bonchev–Trinajstić information content (AvgIpc) is 4.13. The fourth-order valence-electron chi connectivity index (χ4n) is 10.6. The number of fused-ring (bicyclic) bond motifs is 15. The third-order valence-electron chi connectivity index (χ3n) is 13.6. The van der Waals surface area contributed by atoms with Crippen molar-refractivity contribution in [2.45, 2.75) is 0 Å². The molecule has 0 spiro atoms. The van der Waals surface area contributed by atoms with Crippen molar-refractivity contribution in [3.8, 4) is 34.4 Å². The average molecular weight is 860 g/mol. The summed E-state index contributed by atoms with van der Waals surface area (Å²) in [5, 5.41) is 13.7. The zero-order chi connectivity index (χ0) is 43.0. The maximum atomic E-state index is 7.10. The first-order valence-corrected chi connectivity index (χ1v) is 23.0. The van der Waals surface area contributed by atoms with Crippen molar-refractivity contribution in [2.24, 2.45) is 0 Å². The van der Waals surface area contributed by atoms with Gasteiger partial charge in [0, 0.05) is 69.0 Å². The summed E-state index contributed by atoms with van der Waals surface area (Å²) in [4.78, 5) is 16.6. The third kappa shape index (κ3) is 4.97. The van der Waals surface area contributed by atoms with Gasteiger partial charge in [0.2, 0.25) is 5.95 Å². The Balaban J connectivity index is 1.13. The van der Waals surface area contributed by atoms with Crippen LogP contribution in [0, 0.1) is 0 Å². The van der Waals surface area contributed by atoms with E-state index in [0.29, 0.717) is 17.6 Å². The number of nitrogens with zero attached hydrogens (tertiary/aromatic N) is 5. The van der Waals surface area contributed by atoms with Gasteiger partial charge in [-0.1, -0.05) is 146 Å². The van der Waals surface area contributed by atoms with Crippen molar-refractivity contribution < 1.29 is 4.42 Å². The molecule has 0 N–H and O–H groups in total. The molecule has 7 heteroatoms. The predicted octanol–water partition coefficient (Wildman–Crippen LogP) is 16.0. The molecule has 66 heavy (non-hydrogen) atoms. The summed E-state index contributed by atoms with van der Waals surface area (Å²) in [6.45, 7) is 0. The highest BCUT2D eigenvalue weighted by Crippen LogP contribution is 2.46. The van der Waals surface area contributed by atoms with E-state index in [-0.39, 0.29) is 0 Å². The van der Waals surface area contributed by atoms with Gasteiger partial charge in [-0.05, 0) is 70.8 Å². The first-order valence-electron chi connectivity index (χ1n) is 22.2. The minimum atomic E-state index is 0.542. The van der Waals surface area contributed by atoms with Crippen LogP contribution < -0.4 is 0 Å².